The van der Waals surface area contributed by atoms with E-state index in [4.69, 9.17) is 0 Å². The first-order valence-electron chi connectivity index (χ1n) is 9.84. The zero-order chi connectivity index (χ0) is 19.6. The van der Waals surface area contributed by atoms with Gasteiger partial charge in [0.2, 0.25) is 0 Å². The molecule has 0 aromatic heterocycles. The summed E-state index contributed by atoms with van der Waals surface area (Å²) in [5, 5.41) is 3.44. The minimum absolute atomic E-state index is 0. The number of nitrogens with zero attached hydrogens (tertiary/aromatic N) is 1. The summed E-state index contributed by atoms with van der Waals surface area (Å²) >= 11 is 0. The molecule has 0 unspecified atom stereocenters. The number of rotatable bonds is 4. The molecule has 5 nitrogen and oxygen atoms in total. The van der Waals surface area contributed by atoms with Crippen molar-refractivity contribution in [2.24, 2.45) is 5.41 Å². The highest BCUT2D eigenvalue weighted by molar-refractivity contribution is 7.90. The average molecular weight is 435 g/mol. The molecule has 0 saturated carbocycles. The number of benzene rings is 2. The summed E-state index contributed by atoms with van der Waals surface area (Å²) < 4.78 is 25.3. The zero-order valence-corrected chi connectivity index (χ0v) is 18.0. The topological polar surface area (TPSA) is 66.5 Å². The highest BCUT2D eigenvalue weighted by Gasteiger charge is 2.38. The number of nitrogens with one attached hydrogen (secondary N) is 1. The first kappa shape index (κ1) is 21.8. The van der Waals surface area contributed by atoms with Crippen LogP contribution in [0.1, 0.15) is 35.2 Å². The summed E-state index contributed by atoms with van der Waals surface area (Å²) in [6.07, 6.45) is 3.27. The van der Waals surface area contributed by atoms with Crippen LogP contribution in [0.2, 0.25) is 0 Å². The molecule has 2 fully saturated rings. The standard InChI is InChI=1S/C22H26N2O3S.ClH/c25-21(24-13-10-22(11-14-24)9-12-23-17-22)19-6-4-5-18(15-19)16-28(26,27)20-7-2-1-3-8-20;/h1-8,15,23H,9-14,16-17H2;1H. The largest absolute Gasteiger partial charge is 0.339 e. The lowest BCUT2D eigenvalue weighted by Gasteiger charge is -2.39. The van der Waals surface area contributed by atoms with E-state index in [1.165, 1.54) is 6.42 Å². The fraction of sp³-hybridized carbons (Fsp3) is 0.409. The number of piperidine rings is 1. The molecule has 0 bridgehead atoms. The molecule has 0 atom stereocenters. The Morgan fingerprint density at radius 1 is 1.00 bits per heavy atom. The number of carbonyl (C=O) groups is 1. The maximum absolute atomic E-state index is 13.0. The van der Waals surface area contributed by atoms with Crippen LogP contribution in [0.4, 0.5) is 0 Å². The first-order valence-corrected chi connectivity index (χ1v) is 11.5. The van der Waals surface area contributed by atoms with Gasteiger partial charge in [0.1, 0.15) is 0 Å². The van der Waals surface area contributed by atoms with Gasteiger partial charge in [-0.1, -0.05) is 30.3 Å². The maximum Gasteiger partial charge on any atom is 0.253 e. The number of carbonyl (C=O) groups excluding carboxylic acids is 1. The summed E-state index contributed by atoms with van der Waals surface area (Å²) in [5.41, 5.74) is 1.58. The van der Waals surface area contributed by atoms with Crippen LogP contribution in [0.25, 0.3) is 0 Å². The number of likely N-dealkylation sites (tertiary alicyclic amines) is 1. The van der Waals surface area contributed by atoms with Gasteiger partial charge in [0, 0.05) is 25.2 Å². The average Bonchev–Trinajstić information content (AvgIpc) is 3.16. The van der Waals surface area contributed by atoms with Crippen molar-refractivity contribution in [2.75, 3.05) is 26.2 Å². The monoisotopic (exact) mass is 434 g/mol. The number of amides is 1. The predicted molar refractivity (Wildman–Crippen MR) is 116 cm³/mol. The Labute approximate surface area is 178 Å². The van der Waals surface area contributed by atoms with E-state index in [0.29, 0.717) is 21.4 Å². The molecule has 0 radical (unpaired) electrons. The molecule has 2 aromatic carbocycles. The van der Waals surface area contributed by atoms with Gasteiger partial charge in [-0.2, -0.15) is 0 Å². The van der Waals surface area contributed by atoms with Crippen LogP contribution in [-0.2, 0) is 15.6 Å². The van der Waals surface area contributed by atoms with Crippen molar-refractivity contribution in [2.45, 2.75) is 29.9 Å². The van der Waals surface area contributed by atoms with Crippen LogP contribution in [0.15, 0.2) is 59.5 Å². The summed E-state index contributed by atoms with van der Waals surface area (Å²) in [4.78, 5) is 15.2. The van der Waals surface area contributed by atoms with Crippen molar-refractivity contribution >= 4 is 28.2 Å². The predicted octanol–water partition coefficient (Wildman–Crippen LogP) is 3.30. The van der Waals surface area contributed by atoms with E-state index in [9.17, 15) is 13.2 Å². The van der Waals surface area contributed by atoms with E-state index in [0.717, 1.165) is 39.0 Å². The van der Waals surface area contributed by atoms with Gasteiger partial charge in [0.15, 0.2) is 9.84 Å². The Balaban J connectivity index is 0.00000240. The molecule has 7 heteroatoms. The smallest absolute Gasteiger partial charge is 0.253 e. The summed E-state index contributed by atoms with van der Waals surface area (Å²) in [7, 11) is -3.43. The normalized spacial score (nSPS) is 18.4. The molecule has 1 amide bonds. The van der Waals surface area contributed by atoms with Crippen molar-refractivity contribution in [1.82, 2.24) is 10.2 Å². The highest BCUT2D eigenvalue weighted by atomic mass is 35.5. The van der Waals surface area contributed by atoms with Gasteiger partial charge >= 0.3 is 0 Å². The minimum Gasteiger partial charge on any atom is -0.339 e. The van der Waals surface area contributed by atoms with Gasteiger partial charge in [0.05, 0.1) is 10.6 Å². The van der Waals surface area contributed by atoms with E-state index >= 15 is 0 Å². The Hall–Kier alpha value is -1.89. The molecule has 2 aromatic rings. The molecule has 0 aliphatic carbocycles. The van der Waals surface area contributed by atoms with Crippen LogP contribution in [0.3, 0.4) is 0 Å². The van der Waals surface area contributed by atoms with E-state index in [2.05, 4.69) is 5.32 Å². The molecular weight excluding hydrogens is 408 g/mol. The summed E-state index contributed by atoms with van der Waals surface area (Å²) in [6.45, 7) is 3.67. The number of hydrogen-bond donors (Lipinski definition) is 1. The Kier molecular flexibility index (Phi) is 6.66. The van der Waals surface area contributed by atoms with Gasteiger partial charge in [0.25, 0.3) is 5.91 Å². The second-order valence-electron chi connectivity index (χ2n) is 7.99. The fourth-order valence-electron chi connectivity index (χ4n) is 4.31. The van der Waals surface area contributed by atoms with Gasteiger partial charge in [-0.3, -0.25) is 4.79 Å². The van der Waals surface area contributed by atoms with Crippen LogP contribution in [0.5, 0.6) is 0 Å². The zero-order valence-electron chi connectivity index (χ0n) is 16.3. The Bertz CT molecular complexity index is 947. The minimum atomic E-state index is -3.43. The first-order chi connectivity index (χ1) is 13.5. The number of hydrogen-bond acceptors (Lipinski definition) is 4. The fourth-order valence-corrected chi connectivity index (χ4v) is 5.67. The van der Waals surface area contributed by atoms with Gasteiger partial charge in [-0.15, -0.1) is 12.4 Å². The van der Waals surface area contributed by atoms with E-state index in [1.807, 2.05) is 4.90 Å². The van der Waals surface area contributed by atoms with Crippen molar-refractivity contribution in [1.29, 1.82) is 0 Å². The lowest BCUT2D eigenvalue weighted by molar-refractivity contribution is 0.0607. The lowest BCUT2D eigenvalue weighted by atomic mass is 9.78. The molecule has 1 N–H and O–H groups in total. The van der Waals surface area contributed by atoms with Crippen LogP contribution in [-0.4, -0.2) is 45.4 Å². The van der Waals surface area contributed by atoms with Crippen molar-refractivity contribution in [3.8, 4) is 0 Å². The molecule has 1 spiro atoms. The van der Waals surface area contributed by atoms with Gasteiger partial charge < -0.3 is 10.2 Å². The van der Waals surface area contributed by atoms with Gasteiger partial charge in [-0.25, -0.2) is 8.42 Å². The maximum atomic E-state index is 13.0. The molecule has 156 valence electrons. The van der Waals surface area contributed by atoms with Gasteiger partial charge in [-0.05, 0) is 61.1 Å². The third-order valence-electron chi connectivity index (χ3n) is 6.08. The van der Waals surface area contributed by atoms with Crippen LogP contribution >= 0.6 is 12.4 Å². The molecule has 2 heterocycles. The highest BCUT2D eigenvalue weighted by Crippen LogP contribution is 2.37. The SMILES string of the molecule is Cl.O=C(c1cccc(CS(=O)(=O)c2ccccc2)c1)N1CCC2(CCNC2)CC1. The lowest BCUT2D eigenvalue weighted by Crippen LogP contribution is -2.44. The molecule has 2 aliphatic heterocycles. The molecular formula is C22H27ClN2O3S. The summed E-state index contributed by atoms with van der Waals surface area (Å²) in [5.74, 6) is -0.104. The van der Waals surface area contributed by atoms with Crippen molar-refractivity contribution in [3.05, 3.63) is 65.7 Å². The van der Waals surface area contributed by atoms with Crippen molar-refractivity contribution < 1.29 is 13.2 Å². The van der Waals surface area contributed by atoms with E-state index in [1.54, 1.807) is 54.6 Å². The van der Waals surface area contributed by atoms with Crippen molar-refractivity contribution in [3.63, 3.8) is 0 Å². The van der Waals surface area contributed by atoms with Crippen LogP contribution < -0.4 is 5.32 Å². The number of halogens is 1. The second-order valence-corrected chi connectivity index (χ2v) is 9.98. The quantitative estimate of drug-likeness (QED) is 0.801. The summed E-state index contributed by atoms with van der Waals surface area (Å²) in [6, 6.07) is 15.5. The third kappa shape index (κ3) is 4.82. The molecule has 29 heavy (non-hydrogen) atoms. The van der Waals surface area contributed by atoms with E-state index in [-0.39, 0.29) is 24.1 Å². The molecule has 2 saturated heterocycles. The Morgan fingerprint density at radius 2 is 1.72 bits per heavy atom. The molecule has 2 aliphatic rings. The third-order valence-corrected chi connectivity index (χ3v) is 7.78. The van der Waals surface area contributed by atoms with Crippen LogP contribution in [0, 0.1) is 5.41 Å². The number of sulfone groups is 1. The van der Waals surface area contributed by atoms with E-state index < -0.39 is 9.84 Å². The molecule has 4 rings (SSSR count). The Morgan fingerprint density at radius 3 is 2.38 bits per heavy atom. The second kappa shape index (κ2) is 8.86.